The number of nitrogens with zero attached hydrogens (tertiary/aromatic N) is 1. The summed E-state index contributed by atoms with van der Waals surface area (Å²) in [6.45, 7) is 3.68. The van der Waals surface area contributed by atoms with Crippen molar-refractivity contribution >= 4 is 23.6 Å². The highest BCUT2D eigenvalue weighted by Gasteiger charge is 2.32. The quantitative estimate of drug-likeness (QED) is 0.733. The molecule has 2 fully saturated rings. The number of hydrogen-bond donors (Lipinski definition) is 0. The molecule has 1 atom stereocenters. The molecule has 0 bridgehead atoms. The number of thioether (sulfide) groups is 1. The molecule has 18 heavy (non-hydrogen) atoms. The molecule has 5 heteroatoms. The molecule has 2 aliphatic rings. The van der Waals surface area contributed by atoms with E-state index in [0.717, 1.165) is 31.4 Å². The van der Waals surface area contributed by atoms with Gasteiger partial charge in [0.05, 0.1) is 17.8 Å². The minimum absolute atomic E-state index is 0.00905. The van der Waals surface area contributed by atoms with Gasteiger partial charge in [0.15, 0.2) is 0 Å². The first-order chi connectivity index (χ1) is 8.72. The number of carbonyl (C=O) groups excluding carboxylic acids is 2. The molecule has 2 heterocycles. The van der Waals surface area contributed by atoms with Crippen molar-refractivity contribution in [1.82, 2.24) is 4.90 Å². The third-order valence-electron chi connectivity index (χ3n) is 3.63. The largest absolute Gasteiger partial charge is 0.466 e. The van der Waals surface area contributed by atoms with Crippen LogP contribution >= 0.6 is 11.8 Å². The molecule has 2 rings (SSSR count). The second-order valence-corrected chi connectivity index (χ2v) is 6.16. The van der Waals surface area contributed by atoms with E-state index in [-0.39, 0.29) is 23.0 Å². The molecule has 0 N–H and O–H groups in total. The Kier molecular flexibility index (Phi) is 4.92. The monoisotopic (exact) mass is 271 g/mol. The van der Waals surface area contributed by atoms with Gasteiger partial charge in [0.2, 0.25) is 5.91 Å². The van der Waals surface area contributed by atoms with Gasteiger partial charge in [-0.1, -0.05) is 0 Å². The fourth-order valence-electron chi connectivity index (χ4n) is 2.57. The van der Waals surface area contributed by atoms with Crippen molar-refractivity contribution in [2.24, 2.45) is 5.92 Å². The SMILES string of the molecule is CCOC(=O)C1CCN(C(=O)C2CCCS2)CC1. The molecule has 4 nitrogen and oxygen atoms in total. The van der Waals surface area contributed by atoms with Crippen molar-refractivity contribution in [2.75, 3.05) is 25.4 Å². The Morgan fingerprint density at radius 1 is 1.28 bits per heavy atom. The van der Waals surface area contributed by atoms with E-state index in [0.29, 0.717) is 19.7 Å². The average Bonchev–Trinajstić information content (AvgIpc) is 2.92. The van der Waals surface area contributed by atoms with E-state index >= 15 is 0 Å². The van der Waals surface area contributed by atoms with Gasteiger partial charge in [0.1, 0.15) is 0 Å². The standard InChI is InChI=1S/C13H21NO3S/c1-2-17-13(16)10-5-7-14(8-6-10)12(15)11-4-3-9-18-11/h10-11H,2-9H2,1H3. The molecule has 0 aromatic carbocycles. The van der Waals surface area contributed by atoms with Gasteiger partial charge in [-0.3, -0.25) is 9.59 Å². The minimum atomic E-state index is -0.0974. The molecule has 2 aliphatic heterocycles. The summed E-state index contributed by atoms with van der Waals surface area (Å²) in [6.07, 6.45) is 3.67. The van der Waals surface area contributed by atoms with E-state index in [4.69, 9.17) is 4.74 Å². The van der Waals surface area contributed by atoms with Crippen LogP contribution < -0.4 is 0 Å². The van der Waals surface area contributed by atoms with E-state index < -0.39 is 0 Å². The van der Waals surface area contributed by atoms with Crippen LogP contribution in [0.5, 0.6) is 0 Å². The van der Waals surface area contributed by atoms with E-state index in [9.17, 15) is 9.59 Å². The number of rotatable bonds is 3. The predicted molar refractivity (Wildman–Crippen MR) is 71.4 cm³/mol. The molecule has 0 radical (unpaired) electrons. The van der Waals surface area contributed by atoms with Crippen molar-refractivity contribution in [3.8, 4) is 0 Å². The van der Waals surface area contributed by atoms with Crippen LogP contribution in [0.15, 0.2) is 0 Å². The number of hydrogen-bond acceptors (Lipinski definition) is 4. The molecule has 1 amide bonds. The van der Waals surface area contributed by atoms with E-state index in [1.54, 1.807) is 11.8 Å². The summed E-state index contributed by atoms with van der Waals surface area (Å²) in [7, 11) is 0. The second-order valence-electron chi connectivity index (χ2n) is 4.85. The lowest BCUT2D eigenvalue weighted by Crippen LogP contribution is -2.43. The second kappa shape index (κ2) is 6.45. The smallest absolute Gasteiger partial charge is 0.309 e. The zero-order valence-corrected chi connectivity index (χ0v) is 11.7. The highest BCUT2D eigenvalue weighted by molar-refractivity contribution is 8.00. The highest BCUT2D eigenvalue weighted by Crippen LogP contribution is 2.29. The van der Waals surface area contributed by atoms with E-state index in [1.165, 1.54) is 0 Å². The first kappa shape index (κ1) is 13.7. The van der Waals surface area contributed by atoms with Gasteiger partial charge in [-0.25, -0.2) is 0 Å². The maximum Gasteiger partial charge on any atom is 0.309 e. The first-order valence-corrected chi connectivity index (χ1v) is 7.84. The minimum Gasteiger partial charge on any atom is -0.466 e. The molecular formula is C13H21NO3S. The Hall–Kier alpha value is -0.710. The molecule has 0 aromatic heterocycles. The maximum atomic E-state index is 12.2. The van der Waals surface area contributed by atoms with Crippen LogP contribution in [-0.2, 0) is 14.3 Å². The summed E-state index contributed by atoms with van der Waals surface area (Å²) in [6, 6.07) is 0. The Labute approximate surface area is 112 Å². The van der Waals surface area contributed by atoms with Crippen LogP contribution in [0.3, 0.4) is 0 Å². The summed E-state index contributed by atoms with van der Waals surface area (Å²) < 4.78 is 5.03. The molecule has 0 aliphatic carbocycles. The van der Waals surface area contributed by atoms with Gasteiger partial charge in [-0.15, -0.1) is 11.8 Å². The fraction of sp³-hybridized carbons (Fsp3) is 0.846. The summed E-state index contributed by atoms with van der Waals surface area (Å²) in [5, 5.41) is 0.171. The van der Waals surface area contributed by atoms with E-state index in [1.807, 2.05) is 11.8 Å². The Bertz CT molecular complexity index is 307. The molecular weight excluding hydrogens is 250 g/mol. The molecule has 0 aromatic rings. The van der Waals surface area contributed by atoms with Crippen LogP contribution in [0.4, 0.5) is 0 Å². The van der Waals surface area contributed by atoms with Crippen LogP contribution in [-0.4, -0.2) is 47.5 Å². The lowest BCUT2D eigenvalue weighted by atomic mass is 9.96. The van der Waals surface area contributed by atoms with Crippen LogP contribution in [0.25, 0.3) is 0 Å². The van der Waals surface area contributed by atoms with Crippen molar-refractivity contribution < 1.29 is 14.3 Å². The van der Waals surface area contributed by atoms with Gasteiger partial charge in [0, 0.05) is 13.1 Å². The van der Waals surface area contributed by atoms with Crippen LogP contribution in [0.1, 0.15) is 32.6 Å². The Morgan fingerprint density at radius 2 is 2.00 bits per heavy atom. The summed E-state index contributed by atoms with van der Waals surface area (Å²) in [5.41, 5.74) is 0. The maximum absolute atomic E-state index is 12.2. The van der Waals surface area contributed by atoms with E-state index in [2.05, 4.69) is 0 Å². The van der Waals surface area contributed by atoms with Gasteiger partial charge in [-0.2, -0.15) is 0 Å². The number of amides is 1. The van der Waals surface area contributed by atoms with Crippen molar-refractivity contribution in [3.63, 3.8) is 0 Å². The topological polar surface area (TPSA) is 46.6 Å². The van der Waals surface area contributed by atoms with Gasteiger partial charge >= 0.3 is 5.97 Å². The third kappa shape index (κ3) is 3.19. The summed E-state index contributed by atoms with van der Waals surface area (Å²) >= 11 is 1.78. The number of piperidine rings is 1. The third-order valence-corrected chi connectivity index (χ3v) is 5.00. The molecule has 2 saturated heterocycles. The van der Waals surface area contributed by atoms with Gasteiger partial charge in [0.25, 0.3) is 0 Å². The number of carbonyl (C=O) groups is 2. The first-order valence-electron chi connectivity index (χ1n) is 6.79. The van der Waals surface area contributed by atoms with Crippen LogP contribution in [0, 0.1) is 5.92 Å². The van der Waals surface area contributed by atoms with Gasteiger partial charge in [-0.05, 0) is 38.4 Å². The van der Waals surface area contributed by atoms with Gasteiger partial charge < -0.3 is 9.64 Å². The molecule has 1 unspecified atom stereocenters. The zero-order valence-electron chi connectivity index (χ0n) is 10.9. The highest BCUT2D eigenvalue weighted by atomic mass is 32.2. The molecule has 0 spiro atoms. The lowest BCUT2D eigenvalue weighted by Gasteiger charge is -2.32. The normalized spacial score (nSPS) is 25.2. The Morgan fingerprint density at radius 3 is 2.56 bits per heavy atom. The number of likely N-dealkylation sites (tertiary alicyclic amines) is 1. The lowest BCUT2D eigenvalue weighted by molar-refractivity contribution is -0.151. The zero-order chi connectivity index (χ0) is 13.0. The van der Waals surface area contributed by atoms with Crippen molar-refractivity contribution in [1.29, 1.82) is 0 Å². The van der Waals surface area contributed by atoms with Crippen molar-refractivity contribution in [2.45, 2.75) is 37.9 Å². The molecule has 102 valence electrons. The van der Waals surface area contributed by atoms with Crippen LogP contribution in [0.2, 0.25) is 0 Å². The molecule has 0 saturated carbocycles. The average molecular weight is 271 g/mol. The fourth-order valence-corrected chi connectivity index (χ4v) is 3.81. The summed E-state index contributed by atoms with van der Waals surface area (Å²) in [5.74, 6) is 1.28. The predicted octanol–water partition coefficient (Wildman–Crippen LogP) is 1.68. The number of ether oxygens (including phenoxy) is 1. The Balaban J connectivity index is 1.79. The number of esters is 1. The summed E-state index contributed by atoms with van der Waals surface area (Å²) in [4.78, 5) is 25.7. The van der Waals surface area contributed by atoms with Crippen molar-refractivity contribution in [3.05, 3.63) is 0 Å².